The molecule has 74 valence electrons. The van der Waals surface area contributed by atoms with Gasteiger partial charge in [0.25, 0.3) is 0 Å². The van der Waals surface area contributed by atoms with E-state index in [9.17, 15) is 8.78 Å². The molecule has 0 saturated carbocycles. The maximum Gasteiger partial charge on any atom is 0.586 e. The van der Waals surface area contributed by atoms with Crippen LogP contribution in [0.4, 0.5) is 8.78 Å². The minimum atomic E-state index is -3.54. The molecule has 14 heavy (non-hydrogen) atoms. The molecular formula is C10H8F2O2. The molecule has 1 aliphatic rings. The summed E-state index contributed by atoms with van der Waals surface area (Å²) in [5.41, 5.74) is 0.648. The Labute approximate surface area is 79.8 Å². The van der Waals surface area contributed by atoms with E-state index in [1.165, 1.54) is 6.07 Å². The third-order valence-electron chi connectivity index (χ3n) is 1.87. The van der Waals surface area contributed by atoms with Crippen molar-refractivity contribution in [3.05, 3.63) is 36.4 Å². The minimum Gasteiger partial charge on any atom is -0.395 e. The molecule has 0 spiro atoms. The number of para-hydroxylation sites is 1. The van der Waals surface area contributed by atoms with Gasteiger partial charge in [0.1, 0.15) is 0 Å². The van der Waals surface area contributed by atoms with Crippen LogP contribution in [0.3, 0.4) is 0 Å². The second kappa shape index (κ2) is 2.97. The zero-order valence-electron chi connectivity index (χ0n) is 7.30. The van der Waals surface area contributed by atoms with Crippen LogP contribution in [0.5, 0.6) is 11.5 Å². The summed E-state index contributed by atoms with van der Waals surface area (Å²) in [6, 6.07) is 4.79. The van der Waals surface area contributed by atoms with Crippen LogP contribution in [0.25, 0.3) is 0 Å². The predicted molar refractivity (Wildman–Crippen MR) is 46.5 cm³/mol. The number of ether oxygens (including phenoxy) is 2. The van der Waals surface area contributed by atoms with Gasteiger partial charge in [-0.1, -0.05) is 18.2 Å². The fraction of sp³-hybridized carbons (Fsp3) is 0.200. The Morgan fingerprint density at radius 2 is 2.14 bits per heavy atom. The first-order valence-electron chi connectivity index (χ1n) is 4.11. The molecule has 1 aromatic carbocycles. The maximum atomic E-state index is 12.7. The van der Waals surface area contributed by atoms with E-state index in [0.717, 1.165) is 0 Å². The number of fused-ring (bicyclic) bond motifs is 1. The van der Waals surface area contributed by atoms with Gasteiger partial charge < -0.3 is 9.47 Å². The van der Waals surface area contributed by atoms with Crippen molar-refractivity contribution in [1.82, 2.24) is 0 Å². The predicted octanol–water partition coefficient (Wildman–Crippen LogP) is 2.74. The third-order valence-corrected chi connectivity index (χ3v) is 1.87. The van der Waals surface area contributed by atoms with Gasteiger partial charge in [-0.15, -0.1) is 15.4 Å². The first-order chi connectivity index (χ1) is 6.62. The molecule has 0 unspecified atom stereocenters. The number of allylic oxidation sites excluding steroid dienone is 1. The van der Waals surface area contributed by atoms with Crippen molar-refractivity contribution in [1.29, 1.82) is 0 Å². The molecule has 0 N–H and O–H groups in total. The van der Waals surface area contributed by atoms with Gasteiger partial charge in [0.05, 0.1) is 0 Å². The second-order valence-corrected chi connectivity index (χ2v) is 2.90. The van der Waals surface area contributed by atoms with Gasteiger partial charge in [0.15, 0.2) is 11.5 Å². The molecule has 0 amide bonds. The van der Waals surface area contributed by atoms with E-state index in [0.29, 0.717) is 12.0 Å². The molecule has 0 atom stereocenters. The maximum absolute atomic E-state index is 12.7. The summed E-state index contributed by atoms with van der Waals surface area (Å²) in [5, 5.41) is 0. The minimum absolute atomic E-state index is 0.0781. The quantitative estimate of drug-likeness (QED) is 0.680. The van der Waals surface area contributed by atoms with Crippen molar-refractivity contribution in [2.75, 3.05) is 0 Å². The van der Waals surface area contributed by atoms with Crippen molar-refractivity contribution in [3.8, 4) is 11.5 Å². The van der Waals surface area contributed by atoms with Crippen LogP contribution in [0.15, 0.2) is 30.9 Å². The van der Waals surface area contributed by atoms with Crippen molar-refractivity contribution >= 4 is 0 Å². The standard InChI is InChI=1S/C10H8F2O2/c1-2-4-7-5-3-6-8-9(7)14-10(11,12)13-8/h2-3,5-6H,1,4H2. The van der Waals surface area contributed by atoms with Crippen LogP contribution in [0.2, 0.25) is 0 Å². The van der Waals surface area contributed by atoms with E-state index in [2.05, 4.69) is 16.1 Å². The largest absolute Gasteiger partial charge is 0.586 e. The van der Waals surface area contributed by atoms with Gasteiger partial charge in [-0.3, -0.25) is 0 Å². The van der Waals surface area contributed by atoms with Crippen LogP contribution in [0.1, 0.15) is 5.56 Å². The highest BCUT2D eigenvalue weighted by atomic mass is 19.3. The topological polar surface area (TPSA) is 18.5 Å². The second-order valence-electron chi connectivity index (χ2n) is 2.90. The lowest BCUT2D eigenvalue weighted by Crippen LogP contribution is -2.26. The molecule has 0 bridgehead atoms. The Balaban J connectivity index is 2.41. The van der Waals surface area contributed by atoms with Crippen LogP contribution in [-0.2, 0) is 6.42 Å². The van der Waals surface area contributed by atoms with Crippen LogP contribution >= 0.6 is 0 Å². The number of alkyl halides is 2. The molecular weight excluding hydrogens is 190 g/mol. The van der Waals surface area contributed by atoms with E-state index < -0.39 is 6.29 Å². The van der Waals surface area contributed by atoms with Crippen LogP contribution in [0, 0.1) is 0 Å². The molecule has 0 radical (unpaired) electrons. The van der Waals surface area contributed by atoms with E-state index >= 15 is 0 Å². The fourth-order valence-electron chi connectivity index (χ4n) is 1.34. The van der Waals surface area contributed by atoms with Gasteiger partial charge in [-0.05, 0) is 12.5 Å². The molecule has 0 saturated heterocycles. The molecule has 2 nitrogen and oxygen atoms in total. The van der Waals surface area contributed by atoms with Gasteiger partial charge in [0.2, 0.25) is 0 Å². The highest BCUT2D eigenvalue weighted by Crippen LogP contribution is 2.43. The van der Waals surface area contributed by atoms with E-state index in [1.54, 1.807) is 18.2 Å². The van der Waals surface area contributed by atoms with Crippen molar-refractivity contribution in [3.63, 3.8) is 0 Å². The third kappa shape index (κ3) is 1.43. The summed E-state index contributed by atoms with van der Waals surface area (Å²) >= 11 is 0. The van der Waals surface area contributed by atoms with Gasteiger partial charge in [-0.2, -0.15) is 0 Å². The SMILES string of the molecule is C=CCc1cccc2c1OC(F)(F)O2. The number of benzene rings is 1. The number of hydrogen-bond acceptors (Lipinski definition) is 2. The first kappa shape index (κ1) is 8.99. The fourth-order valence-corrected chi connectivity index (χ4v) is 1.34. The molecule has 1 aliphatic heterocycles. The molecule has 2 rings (SSSR count). The summed E-state index contributed by atoms with van der Waals surface area (Å²) in [6.07, 6.45) is -1.45. The summed E-state index contributed by atoms with van der Waals surface area (Å²) in [4.78, 5) is 0. The van der Waals surface area contributed by atoms with E-state index in [1.807, 2.05) is 0 Å². The van der Waals surface area contributed by atoms with Crippen molar-refractivity contribution < 1.29 is 18.3 Å². The van der Waals surface area contributed by atoms with E-state index in [-0.39, 0.29) is 11.5 Å². The molecule has 4 heteroatoms. The molecule has 0 fully saturated rings. The molecule has 0 aromatic heterocycles. The average Bonchev–Trinajstić information content (AvgIpc) is 2.41. The number of rotatable bonds is 2. The molecule has 0 aliphatic carbocycles. The van der Waals surface area contributed by atoms with Gasteiger partial charge >= 0.3 is 6.29 Å². The van der Waals surface area contributed by atoms with Crippen molar-refractivity contribution in [2.24, 2.45) is 0 Å². The average molecular weight is 198 g/mol. The number of halogens is 2. The lowest BCUT2D eigenvalue weighted by atomic mass is 10.1. The van der Waals surface area contributed by atoms with Crippen LogP contribution in [-0.4, -0.2) is 6.29 Å². The summed E-state index contributed by atoms with van der Waals surface area (Å²) < 4.78 is 34.0. The Morgan fingerprint density at radius 3 is 2.86 bits per heavy atom. The normalized spacial score (nSPS) is 16.7. The number of hydrogen-bond donors (Lipinski definition) is 0. The lowest BCUT2D eigenvalue weighted by molar-refractivity contribution is -0.286. The smallest absolute Gasteiger partial charge is 0.395 e. The van der Waals surface area contributed by atoms with Gasteiger partial charge in [0, 0.05) is 5.56 Å². The Morgan fingerprint density at radius 1 is 1.36 bits per heavy atom. The first-order valence-corrected chi connectivity index (χ1v) is 4.11. The van der Waals surface area contributed by atoms with Gasteiger partial charge in [-0.25, -0.2) is 0 Å². The summed E-state index contributed by atoms with van der Waals surface area (Å²) in [6.45, 7) is 3.53. The van der Waals surface area contributed by atoms with Crippen LogP contribution < -0.4 is 9.47 Å². The summed E-state index contributed by atoms with van der Waals surface area (Å²) in [7, 11) is 0. The molecule has 1 aromatic rings. The molecule has 1 heterocycles. The van der Waals surface area contributed by atoms with E-state index in [4.69, 9.17) is 0 Å². The Hall–Kier alpha value is -1.58. The highest BCUT2D eigenvalue weighted by molar-refractivity contribution is 5.49. The lowest BCUT2D eigenvalue weighted by Gasteiger charge is -2.05. The Kier molecular flexibility index (Phi) is 1.91. The Bertz CT molecular complexity index is 374. The summed E-state index contributed by atoms with van der Waals surface area (Å²) in [5.74, 6) is 0.187. The zero-order valence-corrected chi connectivity index (χ0v) is 7.30. The van der Waals surface area contributed by atoms with Crippen molar-refractivity contribution in [2.45, 2.75) is 12.7 Å². The highest BCUT2D eigenvalue weighted by Gasteiger charge is 2.44. The monoisotopic (exact) mass is 198 g/mol. The zero-order chi connectivity index (χ0) is 10.2.